The molecular formula is C13H15FN2O2. The highest BCUT2D eigenvalue weighted by Crippen LogP contribution is 2.19. The number of hydrogen-bond acceptors (Lipinski definition) is 4. The first-order chi connectivity index (χ1) is 8.69. The van der Waals surface area contributed by atoms with E-state index in [1.165, 1.54) is 12.1 Å². The van der Waals surface area contributed by atoms with Gasteiger partial charge in [0.25, 0.3) is 0 Å². The van der Waals surface area contributed by atoms with Gasteiger partial charge in [-0.3, -0.25) is 0 Å². The SMILES string of the molecule is CCCc1nc(COc2cc(F)ccc2C)no1. The highest BCUT2D eigenvalue weighted by molar-refractivity contribution is 5.32. The molecular weight excluding hydrogens is 235 g/mol. The lowest BCUT2D eigenvalue weighted by molar-refractivity contribution is 0.282. The van der Waals surface area contributed by atoms with E-state index in [-0.39, 0.29) is 12.4 Å². The predicted molar refractivity (Wildman–Crippen MR) is 63.8 cm³/mol. The Bertz CT molecular complexity index is 525. The molecule has 0 N–H and O–H groups in total. The van der Waals surface area contributed by atoms with Crippen LogP contribution in [0.25, 0.3) is 0 Å². The molecule has 18 heavy (non-hydrogen) atoms. The fraction of sp³-hybridized carbons (Fsp3) is 0.385. The molecule has 0 fully saturated rings. The molecule has 0 saturated heterocycles. The molecule has 0 radical (unpaired) electrons. The van der Waals surface area contributed by atoms with E-state index >= 15 is 0 Å². The van der Waals surface area contributed by atoms with Gasteiger partial charge < -0.3 is 9.26 Å². The molecule has 1 aromatic heterocycles. The van der Waals surface area contributed by atoms with Gasteiger partial charge in [0.1, 0.15) is 11.6 Å². The van der Waals surface area contributed by atoms with Crippen molar-refractivity contribution in [3.63, 3.8) is 0 Å². The summed E-state index contributed by atoms with van der Waals surface area (Å²) < 4.78 is 23.6. The van der Waals surface area contributed by atoms with E-state index in [4.69, 9.17) is 9.26 Å². The van der Waals surface area contributed by atoms with E-state index < -0.39 is 0 Å². The lowest BCUT2D eigenvalue weighted by atomic mass is 10.2. The van der Waals surface area contributed by atoms with Crippen LogP contribution < -0.4 is 4.74 Å². The van der Waals surface area contributed by atoms with Gasteiger partial charge in [-0.05, 0) is 25.0 Å². The third-order valence-corrected chi connectivity index (χ3v) is 2.48. The summed E-state index contributed by atoms with van der Waals surface area (Å²) in [5, 5.41) is 3.80. The largest absolute Gasteiger partial charge is 0.485 e. The smallest absolute Gasteiger partial charge is 0.226 e. The number of benzene rings is 1. The van der Waals surface area contributed by atoms with Gasteiger partial charge in [-0.1, -0.05) is 18.1 Å². The average Bonchev–Trinajstić information content (AvgIpc) is 2.79. The summed E-state index contributed by atoms with van der Waals surface area (Å²) in [6, 6.07) is 4.42. The van der Waals surface area contributed by atoms with Crippen molar-refractivity contribution in [2.75, 3.05) is 0 Å². The van der Waals surface area contributed by atoms with E-state index in [1.807, 2.05) is 13.8 Å². The van der Waals surface area contributed by atoms with E-state index in [1.54, 1.807) is 6.07 Å². The van der Waals surface area contributed by atoms with Gasteiger partial charge in [-0.2, -0.15) is 4.98 Å². The minimum absolute atomic E-state index is 0.178. The molecule has 96 valence electrons. The van der Waals surface area contributed by atoms with Crippen LogP contribution in [0.15, 0.2) is 22.7 Å². The molecule has 0 amide bonds. The molecule has 0 spiro atoms. The van der Waals surface area contributed by atoms with Gasteiger partial charge in [0.2, 0.25) is 11.7 Å². The maximum absolute atomic E-state index is 13.0. The summed E-state index contributed by atoms with van der Waals surface area (Å²) >= 11 is 0. The van der Waals surface area contributed by atoms with Crippen LogP contribution in [0.4, 0.5) is 4.39 Å². The summed E-state index contributed by atoms with van der Waals surface area (Å²) in [6.45, 7) is 4.07. The molecule has 0 unspecified atom stereocenters. The van der Waals surface area contributed by atoms with Crippen molar-refractivity contribution < 1.29 is 13.7 Å². The zero-order chi connectivity index (χ0) is 13.0. The Hall–Kier alpha value is -1.91. The van der Waals surface area contributed by atoms with Gasteiger partial charge in [0.05, 0.1) is 0 Å². The molecule has 5 heteroatoms. The molecule has 0 aliphatic carbocycles. The van der Waals surface area contributed by atoms with Gasteiger partial charge in [0, 0.05) is 12.5 Å². The molecule has 2 rings (SSSR count). The molecule has 2 aromatic rings. The Morgan fingerprint density at radius 1 is 1.39 bits per heavy atom. The van der Waals surface area contributed by atoms with Crippen LogP contribution >= 0.6 is 0 Å². The minimum Gasteiger partial charge on any atom is -0.485 e. The molecule has 1 heterocycles. The molecule has 0 atom stereocenters. The Morgan fingerprint density at radius 3 is 3.00 bits per heavy atom. The first kappa shape index (κ1) is 12.5. The van der Waals surface area contributed by atoms with Gasteiger partial charge >= 0.3 is 0 Å². The zero-order valence-corrected chi connectivity index (χ0v) is 10.4. The number of aromatic nitrogens is 2. The minimum atomic E-state index is -0.324. The highest BCUT2D eigenvalue weighted by atomic mass is 19.1. The molecule has 0 saturated carbocycles. The van der Waals surface area contributed by atoms with Gasteiger partial charge in [-0.15, -0.1) is 0 Å². The van der Waals surface area contributed by atoms with Crippen LogP contribution in [-0.4, -0.2) is 10.1 Å². The molecule has 4 nitrogen and oxygen atoms in total. The summed E-state index contributed by atoms with van der Waals surface area (Å²) in [7, 11) is 0. The monoisotopic (exact) mass is 250 g/mol. The first-order valence-electron chi connectivity index (χ1n) is 5.89. The summed E-state index contributed by atoms with van der Waals surface area (Å²) in [5.74, 6) is 1.25. The van der Waals surface area contributed by atoms with E-state index in [0.717, 1.165) is 18.4 Å². The normalized spacial score (nSPS) is 10.6. The Morgan fingerprint density at radius 2 is 2.22 bits per heavy atom. The van der Waals surface area contributed by atoms with E-state index in [2.05, 4.69) is 10.1 Å². The van der Waals surface area contributed by atoms with Crippen LogP contribution in [0.5, 0.6) is 5.75 Å². The van der Waals surface area contributed by atoms with Gasteiger partial charge in [-0.25, -0.2) is 4.39 Å². The van der Waals surface area contributed by atoms with E-state index in [0.29, 0.717) is 17.5 Å². The quantitative estimate of drug-likeness (QED) is 0.818. The second-order valence-corrected chi connectivity index (χ2v) is 4.05. The van der Waals surface area contributed by atoms with Gasteiger partial charge in [0.15, 0.2) is 6.61 Å². The second-order valence-electron chi connectivity index (χ2n) is 4.05. The number of halogens is 1. The molecule has 0 bridgehead atoms. The van der Waals surface area contributed by atoms with Crippen LogP contribution in [-0.2, 0) is 13.0 Å². The zero-order valence-electron chi connectivity index (χ0n) is 10.4. The number of nitrogens with zero attached hydrogens (tertiary/aromatic N) is 2. The molecule has 1 aromatic carbocycles. The summed E-state index contributed by atoms with van der Waals surface area (Å²) in [5.41, 5.74) is 0.869. The summed E-state index contributed by atoms with van der Waals surface area (Å²) in [4.78, 5) is 4.17. The van der Waals surface area contributed by atoms with Crippen LogP contribution in [0, 0.1) is 12.7 Å². The van der Waals surface area contributed by atoms with E-state index in [9.17, 15) is 4.39 Å². The van der Waals surface area contributed by atoms with Crippen molar-refractivity contribution in [1.29, 1.82) is 0 Å². The number of rotatable bonds is 5. The Kier molecular flexibility index (Phi) is 3.92. The summed E-state index contributed by atoms with van der Waals surface area (Å²) in [6.07, 6.45) is 1.71. The van der Waals surface area contributed by atoms with Crippen molar-refractivity contribution in [2.45, 2.75) is 33.3 Å². The lowest BCUT2D eigenvalue weighted by Crippen LogP contribution is -1.99. The van der Waals surface area contributed by atoms with Crippen molar-refractivity contribution in [1.82, 2.24) is 10.1 Å². The fourth-order valence-corrected chi connectivity index (χ4v) is 1.54. The van der Waals surface area contributed by atoms with Crippen LogP contribution in [0.1, 0.15) is 30.6 Å². The standard InChI is InChI=1S/C13H15FN2O2/c1-3-4-13-15-12(16-18-13)8-17-11-7-10(14)6-5-9(11)2/h5-7H,3-4,8H2,1-2H3. The Labute approximate surface area is 105 Å². The van der Waals surface area contributed by atoms with Crippen molar-refractivity contribution in [2.24, 2.45) is 0 Å². The lowest BCUT2D eigenvalue weighted by Gasteiger charge is -2.06. The predicted octanol–water partition coefficient (Wildman–Crippen LogP) is 3.05. The average molecular weight is 250 g/mol. The van der Waals surface area contributed by atoms with Crippen molar-refractivity contribution in [3.05, 3.63) is 41.3 Å². The van der Waals surface area contributed by atoms with Crippen molar-refractivity contribution in [3.8, 4) is 5.75 Å². The third kappa shape index (κ3) is 3.06. The highest BCUT2D eigenvalue weighted by Gasteiger charge is 2.07. The maximum Gasteiger partial charge on any atom is 0.226 e. The van der Waals surface area contributed by atoms with Crippen molar-refractivity contribution >= 4 is 0 Å². The molecule has 0 aliphatic heterocycles. The second kappa shape index (κ2) is 5.62. The Balaban J connectivity index is 1.99. The number of aryl methyl sites for hydroxylation is 2. The first-order valence-corrected chi connectivity index (χ1v) is 5.89. The number of hydrogen-bond donors (Lipinski definition) is 0. The topological polar surface area (TPSA) is 48.2 Å². The number of ether oxygens (including phenoxy) is 1. The maximum atomic E-state index is 13.0. The molecule has 0 aliphatic rings. The van der Waals surface area contributed by atoms with Crippen LogP contribution in [0.2, 0.25) is 0 Å². The van der Waals surface area contributed by atoms with Crippen LogP contribution in [0.3, 0.4) is 0 Å². The third-order valence-electron chi connectivity index (χ3n) is 2.48. The fourth-order valence-electron chi connectivity index (χ4n) is 1.54.